The molecule has 1 N–H and O–H groups in total. The lowest BCUT2D eigenvalue weighted by Gasteiger charge is -2.26. The van der Waals surface area contributed by atoms with E-state index in [-0.39, 0.29) is 17.9 Å². The van der Waals surface area contributed by atoms with E-state index in [1.165, 1.54) is 0 Å². The Labute approximate surface area is 172 Å². The van der Waals surface area contributed by atoms with Gasteiger partial charge >= 0.3 is 12.8 Å². The molecule has 0 radical (unpaired) electrons. The number of nitrogens with one attached hydrogen (secondary N) is 1. The summed E-state index contributed by atoms with van der Waals surface area (Å²) < 4.78 is 24.1. The number of carbonyl (C=O) groups excluding carboxylic acids is 1. The number of rotatable bonds is 7. The zero-order valence-corrected chi connectivity index (χ0v) is 18.9. The highest BCUT2D eigenvalue weighted by Crippen LogP contribution is 2.51. The van der Waals surface area contributed by atoms with Gasteiger partial charge in [0.1, 0.15) is 11.8 Å². The van der Waals surface area contributed by atoms with Crippen LogP contribution in [0.4, 0.5) is 0 Å². The van der Waals surface area contributed by atoms with E-state index in [9.17, 15) is 9.36 Å². The first-order valence-corrected chi connectivity index (χ1v) is 11.8. The van der Waals surface area contributed by atoms with Crippen molar-refractivity contribution >= 4 is 34.9 Å². The Morgan fingerprint density at radius 1 is 1.18 bits per heavy atom. The Kier molecular flexibility index (Phi) is 7.19. The van der Waals surface area contributed by atoms with E-state index in [4.69, 9.17) is 20.5 Å². The van der Waals surface area contributed by atoms with Crippen LogP contribution in [-0.4, -0.2) is 18.6 Å². The van der Waals surface area contributed by atoms with Gasteiger partial charge in [0, 0.05) is 16.6 Å². The first-order valence-electron chi connectivity index (χ1n) is 9.32. The third kappa shape index (κ3) is 6.23. The van der Waals surface area contributed by atoms with Gasteiger partial charge < -0.3 is 9.26 Å². The van der Waals surface area contributed by atoms with E-state index in [0.29, 0.717) is 5.75 Å². The van der Waals surface area contributed by atoms with Crippen molar-refractivity contribution in [1.82, 2.24) is 5.09 Å². The van der Waals surface area contributed by atoms with E-state index < -0.39 is 18.9 Å². The summed E-state index contributed by atoms with van der Waals surface area (Å²) in [6.45, 7) is 7.83. The van der Waals surface area contributed by atoms with Crippen LogP contribution >= 0.6 is 18.1 Å². The lowest BCUT2D eigenvalue weighted by Crippen LogP contribution is -2.41. The summed E-state index contributed by atoms with van der Waals surface area (Å²) in [5, 5.41) is 4.45. The largest absolute Gasteiger partial charge is 0.464 e. The van der Waals surface area contributed by atoms with Gasteiger partial charge in [0.25, 0.3) is 0 Å². The van der Waals surface area contributed by atoms with Gasteiger partial charge in [-0.1, -0.05) is 71.0 Å². The number of benzene rings is 2. The Morgan fingerprint density at radius 3 is 2.43 bits per heavy atom. The van der Waals surface area contributed by atoms with Crippen LogP contribution in [0.3, 0.4) is 0 Å². The number of ether oxygens (including phenoxy) is 1. The molecule has 0 aromatic heterocycles. The number of halogens is 1. The second-order valence-electron chi connectivity index (χ2n) is 8.52. The lowest BCUT2D eigenvalue weighted by molar-refractivity contribution is -0.149. The number of esters is 1. The van der Waals surface area contributed by atoms with Crippen molar-refractivity contribution in [2.24, 2.45) is 11.3 Å². The molecule has 0 bridgehead atoms. The van der Waals surface area contributed by atoms with Gasteiger partial charge in [-0.15, -0.1) is 0 Å². The molecule has 2 rings (SSSR count). The summed E-state index contributed by atoms with van der Waals surface area (Å²) in [6.07, 6.45) is 0. The third-order valence-electron chi connectivity index (χ3n) is 4.15. The SMILES string of the molecule is Cc1ccc2ccccc2c1OP(=O)(Cl)N[C@H](C(=O)OCC(C)(C)C)C(C)C. The first kappa shape index (κ1) is 22.7. The molecule has 7 heteroatoms. The summed E-state index contributed by atoms with van der Waals surface area (Å²) in [6, 6.07) is 10.6. The third-order valence-corrected chi connectivity index (χ3v) is 5.65. The summed E-state index contributed by atoms with van der Waals surface area (Å²) in [5.74, 6) is -0.240. The van der Waals surface area contributed by atoms with Crippen LogP contribution in [0.15, 0.2) is 36.4 Å². The van der Waals surface area contributed by atoms with Gasteiger partial charge in [-0.25, -0.2) is 9.65 Å². The van der Waals surface area contributed by atoms with Crippen molar-refractivity contribution < 1.29 is 18.6 Å². The van der Waals surface area contributed by atoms with E-state index in [2.05, 4.69) is 5.09 Å². The van der Waals surface area contributed by atoms with E-state index >= 15 is 0 Å². The van der Waals surface area contributed by atoms with E-state index in [1.807, 2.05) is 77.9 Å². The number of carbonyl (C=O) groups is 1. The van der Waals surface area contributed by atoms with Crippen LogP contribution in [0, 0.1) is 18.3 Å². The minimum atomic E-state index is -3.85. The van der Waals surface area contributed by atoms with Gasteiger partial charge in [-0.3, -0.25) is 4.79 Å². The van der Waals surface area contributed by atoms with Crippen LogP contribution in [0.25, 0.3) is 10.8 Å². The van der Waals surface area contributed by atoms with Gasteiger partial charge in [0.2, 0.25) is 0 Å². The molecule has 28 heavy (non-hydrogen) atoms. The summed E-state index contributed by atoms with van der Waals surface area (Å²) in [5.41, 5.74) is 0.635. The van der Waals surface area contributed by atoms with Gasteiger partial charge in [0.05, 0.1) is 6.61 Å². The van der Waals surface area contributed by atoms with E-state index in [0.717, 1.165) is 16.3 Å². The maximum absolute atomic E-state index is 13.0. The topological polar surface area (TPSA) is 64.6 Å². The second kappa shape index (κ2) is 8.86. The lowest BCUT2D eigenvalue weighted by atomic mass is 9.98. The minimum absolute atomic E-state index is 0.168. The molecule has 5 nitrogen and oxygen atoms in total. The van der Waals surface area contributed by atoms with Crippen LogP contribution in [0.2, 0.25) is 0 Å². The molecule has 0 spiro atoms. The van der Waals surface area contributed by atoms with Crippen LogP contribution < -0.4 is 9.61 Å². The second-order valence-corrected chi connectivity index (χ2v) is 11.3. The van der Waals surface area contributed by atoms with Gasteiger partial charge in [-0.05, 0) is 29.2 Å². The van der Waals surface area contributed by atoms with Crippen LogP contribution in [-0.2, 0) is 14.1 Å². The summed E-state index contributed by atoms with van der Waals surface area (Å²) in [4.78, 5) is 12.5. The fourth-order valence-electron chi connectivity index (χ4n) is 2.63. The van der Waals surface area contributed by atoms with Crippen LogP contribution in [0.5, 0.6) is 5.75 Å². The molecule has 0 aliphatic carbocycles. The molecule has 2 atom stereocenters. The van der Waals surface area contributed by atoms with Crippen molar-refractivity contribution in [2.75, 3.05) is 6.61 Å². The monoisotopic (exact) mass is 425 g/mol. The zero-order valence-electron chi connectivity index (χ0n) is 17.3. The Hall–Kier alpha value is -1.55. The molecule has 0 fully saturated rings. The maximum Gasteiger partial charge on any atom is 0.409 e. The predicted octanol–water partition coefficient (Wildman–Crippen LogP) is 6.08. The smallest absolute Gasteiger partial charge is 0.409 e. The normalized spacial score (nSPS) is 15.3. The molecule has 0 heterocycles. The number of hydrogen-bond donors (Lipinski definition) is 1. The highest BCUT2D eigenvalue weighted by atomic mass is 35.7. The molecule has 2 aromatic carbocycles. The fourth-order valence-corrected chi connectivity index (χ4v) is 4.42. The average Bonchev–Trinajstić information content (AvgIpc) is 2.59. The van der Waals surface area contributed by atoms with Crippen molar-refractivity contribution in [3.8, 4) is 5.75 Å². The quantitative estimate of drug-likeness (QED) is 0.430. The Bertz CT molecular complexity index is 892. The maximum atomic E-state index is 13.0. The van der Waals surface area contributed by atoms with E-state index in [1.54, 1.807) is 0 Å². The van der Waals surface area contributed by atoms with Crippen LogP contribution in [0.1, 0.15) is 40.2 Å². The van der Waals surface area contributed by atoms with Crippen molar-refractivity contribution in [2.45, 2.75) is 47.6 Å². The molecule has 0 aliphatic rings. The zero-order chi connectivity index (χ0) is 21.1. The number of hydrogen-bond acceptors (Lipinski definition) is 4. The van der Waals surface area contributed by atoms with Gasteiger partial charge in [-0.2, -0.15) is 0 Å². The molecule has 0 amide bonds. The Balaban J connectivity index is 2.23. The van der Waals surface area contributed by atoms with Gasteiger partial charge in [0.15, 0.2) is 0 Å². The predicted molar refractivity (Wildman–Crippen MR) is 115 cm³/mol. The number of fused-ring (bicyclic) bond motifs is 1. The molecular weight excluding hydrogens is 397 g/mol. The van der Waals surface area contributed by atoms with Crippen molar-refractivity contribution in [1.29, 1.82) is 0 Å². The number of aryl methyl sites for hydroxylation is 1. The molecule has 2 aromatic rings. The highest BCUT2D eigenvalue weighted by Gasteiger charge is 2.34. The minimum Gasteiger partial charge on any atom is -0.464 e. The van der Waals surface area contributed by atoms with Crippen molar-refractivity contribution in [3.63, 3.8) is 0 Å². The molecule has 0 saturated carbocycles. The van der Waals surface area contributed by atoms with Crippen molar-refractivity contribution in [3.05, 3.63) is 42.0 Å². The average molecular weight is 426 g/mol. The molecule has 1 unspecified atom stereocenters. The molecule has 154 valence electrons. The summed E-state index contributed by atoms with van der Waals surface area (Å²) >= 11 is 6.23. The highest BCUT2D eigenvalue weighted by molar-refractivity contribution is 7.84. The molecule has 0 aliphatic heterocycles. The fraction of sp³-hybridized carbons (Fsp3) is 0.476. The standard InChI is InChI=1S/C21H29ClNO4P/c1-14(2)18(20(24)26-13-21(4,5)6)23-28(22,25)27-19-15(3)11-12-16-9-7-8-10-17(16)19/h7-12,14,18H,13H2,1-6H3,(H,23,25)/t18-,28?/m0/s1. The molecular formula is C21H29ClNO4P. The summed E-state index contributed by atoms with van der Waals surface area (Å²) in [7, 11) is 0. The molecule has 0 saturated heterocycles. The Morgan fingerprint density at radius 2 is 1.82 bits per heavy atom. The first-order chi connectivity index (χ1) is 12.9.